The second-order valence-corrected chi connectivity index (χ2v) is 5.03. The van der Waals surface area contributed by atoms with Crippen LogP contribution in [-0.4, -0.2) is 28.0 Å². The number of rotatable bonds is 3. The molecule has 1 aliphatic rings. The third-order valence-electron chi connectivity index (χ3n) is 2.90. The lowest BCUT2D eigenvalue weighted by atomic mass is 9.99. The van der Waals surface area contributed by atoms with Gasteiger partial charge in [0, 0.05) is 20.1 Å². The number of nitrogens with zero attached hydrogens (tertiary/aromatic N) is 3. The highest BCUT2D eigenvalue weighted by Crippen LogP contribution is 2.26. The predicted octanol–water partition coefficient (Wildman–Crippen LogP) is 0.588. The lowest BCUT2D eigenvalue weighted by Crippen LogP contribution is -2.39. The van der Waals surface area contributed by atoms with Crippen LogP contribution in [0.4, 0.5) is 0 Å². The standard InChI is InChI=1S/C11H20N4O/c1-8(2)6-9-13-10(15(3)14-9)11(12)4-5-16-7-11/h8H,4-7,12H2,1-3H3. The summed E-state index contributed by atoms with van der Waals surface area (Å²) in [5.74, 6) is 2.29. The number of ether oxygens (including phenoxy) is 1. The fraction of sp³-hybridized carbons (Fsp3) is 0.818. The Balaban J connectivity index is 2.24. The van der Waals surface area contributed by atoms with Crippen LogP contribution in [0.3, 0.4) is 0 Å². The molecule has 0 bridgehead atoms. The average molecular weight is 224 g/mol. The molecule has 2 rings (SSSR count). The molecule has 5 nitrogen and oxygen atoms in total. The van der Waals surface area contributed by atoms with Crippen LogP contribution in [0, 0.1) is 5.92 Å². The van der Waals surface area contributed by atoms with Crippen molar-refractivity contribution in [3.05, 3.63) is 11.6 Å². The molecule has 1 aromatic heterocycles. The summed E-state index contributed by atoms with van der Waals surface area (Å²) in [4.78, 5) is 4.55. The minimum atomic E-state index is -0.447. The van der Waals surface area contributed by atoms with Gasteiger partial charge in [-0.2, -0.15) is 5.10 Å². The van der Waals surface area contributed by atoms with Crippen LogP contribution in [-0.2, 0) is 23.7 Å². The molecular formula is C11H20N4O. The molecule has 16 heavy (non-hydrogen) atoms. The molecule has 0 radical (unpaired) electrons. The van der Waals surface area contributed by atoms with Crippen molar-refractivity contribution in [1.29, 1.82) is 0 Å². The van der Waals surface area contributed by atoms with E-state index < -0.39 is 5.54 Å². The molecule has 1 atom stereocenters. The van der Waals surface area contributed by atoms with Crippen molar-refractivity contribution >= 4 is 0 Å². The maximum absolute atomic E-state index is 6.28. The van der Waals surface area contributed by atoms with Gasteiger partial charge in [-0.1, -0.05) is 13.8 Å². The molecule has 1 saturated heterocycles. The highest BCUT2D eigenvalue weighted by atomic mass is 16.5. The van der Waals surface area contributed by atoms with Gasteiger partial charge in [-0.3, -0.25) is 4.68 Å². The zero-order chi connectivity index (χ0) is 11.8. The number of aromatic nitrogens is 3. The second-order valence-electron chi connectivity index (χ2n) is 5.03. The predicted molar refractivity (Wildman–Crippen MR) is 60.8 cm³/mol. The molecule has 0 aromatic carbocycles. The van der Waals surface area contributed by atoms with Crippen LogP contribution in [0.2, 0.25) is 0 Å². The summed E-state index contributed by atoms with van der Waals surface area (Å²) in [5.41, 5.74) is 5.83. The summed E-state index contributed by atoms with van der Waals surface area (Å²) >= 11 is 0. The summed E-state index contributed by atoms with van der Waals surface area (Å²) in [6, 6.07) is 0. The van der Waals surface area contributed by atoms with E-state index >= 15 is 0 Å². The van der Waals surface area contributed by atoms with E-state index in [2.05, 4.69) is 23.9 Å². The maximum atomic E-state index is 6.28. The van der Waals surface area contributed by atoms with Crippen molar-refractivity contribution < 1.29 is 4.74 Å². The first kappa shape index (κ1) is 11.5. The molecule has 0 amide bonds. The lowest BCUT2D eigenvalue weighted by molar-refractivity contribution is 0.175. The van der Waals surface area contributed by atoms with E-state index in [1.54, 1.807) is 4.68 Å². The Morgan fingerprint density at radius 2 is 2.31 bits per heavy atom. The first-order valence-corrected chi connectivity index (χ1v) is 5.78. The smallest absolute Gasteiger partial charge is 0.151 e. The van der Waals surface area contributed by atoms with Gasteiger partial charge in [-0.25, -0.2) is 4.98 Å². The Kier molecular flexibility index (Phi) is 2.99. The van der Waals surface area contributed by atoms with Crippen molar-refractivity contribution in [2.75, 3.05) is 13.2 Å². The van der Waals surface area contributed by atoms with Crippen LogP contribution < -0.4 is 5.73 Å². The fourth-order valence-corrected chi connectivity index (χ4v) is 2.08. The summed E-state index contributed by atoms with van der Waals surface area (Å²) in [7, 11) is 1.90. The summed E-state index contributed by atoms with van der Waals surface area (Å²) in [6.45, 7) is 5.57. The van der Waals surface area contributed by atoms with Gasteiger partial charge >= 0.3 is 0 Å². The van der Waals surface area contributed by atoms with Crippen molar-refractivity contribution in [1.82, 2.24) is 14.8 Å². The second kappa shape index (κ2) is 4.14. The summed E-state index contributed by atoms with van der Waals surface area (Å²) in [5, 5.41) is 4.41. The zero-order valence-corrected chi connectivity index (χ0v) is 10.2. The molecule has 2 heterocycles. The molecule has 0 aliphatic carbocycles. The molecule has 2 N–H and O–H groups in total. The van der Waals surface area contributed by atoms with Crippen LogP contribution in [0.25, 0.3) is 0 Å². The molecular weight excluding hydrogens is 204 g/mol. The van der Waals surface area contributed by atoms with Crippen molar-refractivity contribution in [2.45, 2.75) is 32.2 Å². The van der Waals surface area contributed by atoms with Gasteiger partial charge < -0.3 is 10.5 Å². The van der Waals surface area contributed by atoms with Gasteiger partial charge in [0.2, 0.25) is 0 Å². The highest BCUT2D eigenvalue weighted by Gasteiger charge is 2.37. The number of aryl methyl sites for hydroxylation is 1. The molecule has 5 heteroatoms. The number of hydrogen-bond acceptors (Lipinski definition) is 4. The Bertz CT molecular complexity index is 366. The third-order valence-corrected chi connectivity index (χ3v) is 2.90. The Morgan fingerprint density at radius 3 is 2.88 bits per heavy atom. The van der Waals surface area contributed by atoms with Crippen LogP contribution in [0.5, 0.6) is 0 Å². The van der Waals surface area contributed by atoms with Crippen LogP contribution in [0.1, 0.15) is 31.9 Å². The molecule has 1 fully saturated rings. The van der Waals surface area contributed by atoms with Gasteiger partial charge in [0.15, 0.2) is 5.82 Å². The molecule has 0 spiro atoms. The average Bonchev–Trinajstić information content (AvgIpc) is 2.73. The maximum Gasteiger partial charge on any atom is 0.151 e. The first-order chi connectivity index (χ1) is 7.51. The van der Waals surface area contributed by atoms with E-state index in [9.17, 15) is 0 Å². The Labute approximate surface area is 96.0 Å². The minimum absolute atomic E-state index is 0.447. The van der Waals surface area contributed by atoms with Gasteiger partial charge in [0.25, 0.3) is 0 Å². The highest BCUT2D eigenvalue weighted by molar-refractivity contribution is 5.09. The number of hydrogen-bond donors (Lipinski definition) is 1. The normalized spacial score (nSPS) is 25.6. The van der Waals surface area contributed by atoms with Crippen LogP contribution in [0.15, 0.2) is 0 Å². The van der Waals surface area contributed by atoms with E-state index in [-0.39, 0.29) is 0 Å². The minimum Gasteiger partial charge on any atom is -0.379 e. The van der Waals surface area contributed by atoms with E-state index in [1.807, 2.05) is 7.05 Å². The summed E-state index contributed by atoms with van der Waals surface area (Å²) < 4.78 is 7.15. The SMILES string of the molecule is CC(C)Cc1nc(C2(N)CCOC2)n(C)n1. The largest absolute Gasteiger partial charge is 0.379 e. The molecule has 1 unspecified atom stereocenters. The van der Waals surface area contributed by atoms with E-state index in [0.29, 0.717) is 19.1 Å². The Hall–Kier alpha value is -0.940. The zero-order valence-electron chi connectivity index (χ0n) is 10.2. The summed E-state index contributed by atoms with van der Waals surface area (Å²) in [6.07, 6.45) is 1.71. The van der Waals surface area contributed by atoms with E-state index in [0.717, 1.165) is 24.5 Å². The van der Waals surface area contributed by atoms with Crippen molar-refractivity contribution in [3.8, 4) is 0 Å². The quantitative estimate of drug-likeness (QED) is 0.816. The van der Waals surface area contributed by atoms with Crippen molar-refractivity contribution in [3.63, 3.8) is 0 Å². The van der Waals surface area contributed by atoms with Crippen LogP contribution >= 0.6 is 0 Å². The van der Waals surface area contributed by atoms with Gasteiger partial charge in [-0.15, -0.1) is 0 Å². The van der Waals surface area contributed by atoms with E-state index in [4.69, 9.17) is 10.5 Å². The molecule has 1 aromatic rings. The van der Waals surface area contributed by atoms with Crippen molar-refractivity contribution in [2.24, 2.45) is 18.7 Å². The van der Waals surface area contributed by atoms with Gasteiger partial charge in [0.1, 0.15) is 11.4 Å². The topological polar surface area (TPSA) is 66.0 Å². The number of nitrogens with two attached hydrogens (primary N) is 1. The Morgan fingerprint density at radius 1 is 1.56 bits per heavy atom. The lowest BCUT2D eigenvalue weighted by Gasteiger charge is -2.19. The van der Waals surface area contributed by atoms with Gasteiger partial charge in [0.05, 0.1) is 6.61 Å². The monoisotopic (exact) mass is 224 g/mol. The fourth-order valence-electron chi connectivity index (χ4n) is 2.08. The molecule has 90 valence electrons. The first-order valence-electron chi connectivity index (χ1n) is 5.78. The third kappa shape index (κ3) is 2.10. The molecule has 1 aliphatic heterocycles. The molecule has 0 saturated carbocycles. The van der Waals surface area contributed by atoms with E-state index in [1.165, 1.54) is 0 Å². The van der Waals surface area contributed by atoms with Gasteiger partial charge in [-0.05, 0) is 12.3 Å².